The summed E-state index contributed by atoms with van der Waals surface area (Å²) < 4.78 is 27.6. The minimum absolute atomic E-state index is 0.0280. The minimum Gasteiger partial charge on any atom is -0.305 e. The van der Waals surface area contributed by atoms with Gasteiger partial charge in [-0.3, -0.25) is 4.84 Å². The number of benzene rings is 1. The van der Waals surface area contributed by atoms with Crippen LogP contribution in [0.5, 0.6) is 0 Å². The first kappa shape index (κ1) is 17.7. The number of para-hydroxylation sites is 1. The molecule has 1 fully saturated rings. The molecular weight excluding hydrogens is 318 g/mol. The number of nitrogens with one attached hydrogen (secondary N) is 2. The number of rotatable bonds is 3. The predicted octanol–water partition coefficient (Wildman–Crippen LogP) is 2.32. The lowest BCUT2D eigenvalue weighted by Gasteiger charge is -2.26. The van der Waals surface area contributed by atoms with Crippen molar-refractivity contribution in [1.82, 2.24) is 9.79 Å². The molecule has 1 heterocycles. The van der Waals surface area contributed by atoms with Crippen molar-refractivity contribution in [3.8, 4) is 0 Å². The van der Waals surface area contributed by atoms with Gasteiger partial charge in [-0.05, 0) is 45.7 Å². The van der Waals surface area contributed by atoms with Crippen LogP contribution in [0.25, 0.3) is 0 Å². The van der Waals surface area contributed by atoms with Crippen molar-refractivity contribution in [3.05, 3.63) is 24.3 Å². The molecule has 128 valence electrons. The lowest BCUT2D eigenvalue weighted by atomic mass is 10.1. The number of anilines is 1. The van der Waals surface area contributed by atoms with Crippen LogP contribution in [0.15, 0.2) is 29.2 Å². The van der Waals surface area contributed by atoms with E-state index in [2.05, 4.69) is 10.0 Å². The van der Waals surface area contributed by atoms with Crippen molar-refractivity contribution in [3.63, 3.8) is 0 Å². The highest BCUT2D eigenvalue weighted by molar-refractivity contribution is 7.89. The quantitative estimate of drug-likeness (QED) is 0.883. The van der Waals surface area contributed by atoms with Gasteiger partial charge in [-0.1, -0.05) is 12.1 Å². The van der Waals surface area contributed by atoms with Crippen molar-refractivity contribution in [2.75, 3.05) is 18.5 Å². The molecule has 0 radical (unpaired) electrons. The molecule has 0 spiro atoms. The van der Waals surface area contributed by atoms with E-state index in [9.17, 15) is 13.2 Å². The van der Waals surface area contributed by atoms with E-state index in [0.717, 1.165) is 12.8 Å². The molecule has 1 aromatic carbocycles. The molecule has 1 aliphatic heterocycles. The van der Waals surface area contributed by atoms with Gasteiger partial charge in [0.2, 0.25) is 10.0 Å². The van der Waals surface area contributed by atoms with Crippen LogP contribution in [0.4, 0.5) is 10.5 Å². The van der Waals surface area contributed by atoms with Gasteiger partial charge in [0.25, 0.3) is 0 Å². The van der Waals surface area contributed by atoms with E-state index in [1.165, 1.54) is 11.1 Å². The summed E-state index contributed by atoms with van der Waals surface area (Å²) in [6.45, 7) is 6.24. The van der Waals surface area contributed by atoms with Gasteiger partial charge in [0, 0.05) is 5.54 Å². The Labute approximate surface area is 137 Å². The van der Waals surface area contributed by atoms with E-state index in [-0.39, 0.29) is 10.6 Å². The molecule has 2 rings (SSSR count). The molecule has 2 N–H and O–H groups in total. The van der Waals surface area contributed by atoms with Crippen molar-refractivity contribution < 1.29 is 18.0 Å². The zero-order chi connectivity index (χ0) is 17.1. The third-order valence-electron chi connectivity index (χ3n) is 3.09. The lowest BCUT2D eigenvalue weighted by molar-refractivity contribution is -0.135. The van der Waals surface area contributed by atoms with Crippen LogP contribution in [0.3, 0.4) is 0 Å². The highest BCUT2D eigenvalue weighted by Gasteiger charge is 2.26. The number of sulfonamides is 1. The Kier molecular flexibility index (Phi) is 5.28. The summed E-state index contributed by atoms with van der Waals surface area (Å²) in [4.78, 5) is 17.5. The summed E-state index contributed by atoms with van der Waals surface area (Å²) in [6.07, 6.45) is 1.77. The van der Waals surface area contributed by atoms with Gasteiger partial charge < -0.3 is 5.32 Å². The summed E-state index contributed by atoms with van der Waals surface area (Å²) in [5.41, 5.74) is -0.394. The van der Waals surface area contributed by atoms with Crippen molar-refractivity contribution in [1.29, 1.82) is 0 Å². The normalized spacial score (nSPS) is 16.2. The number of urea groups is 1. The third-order valence-corrected chi connectivity index (χ3v) is 4.90. The van der Waals surface area contributed by atoms with E-state index in [1.807, 2.05) is 0 Å². The third kappa shape index (κ3) is 4.92. The molecule has 0 unspecified atom stereocenters. The summed E-state index contributed by atoms with van der Waals surface area (Å²) in [7, 11) is -3.75. The van der Waals surface area contributed by atoms with Crippen molar-refractivity contribution in [2.24, 2.45) is 0 Å². The van der Waals surface area contributed by atoms with Crippen LogP contribution in [0.1, 0.15) is 33.6 Å². The first-order valence-corrected chi connectivity index (χ1v) is 9.02. The van der Waals surface area contributed by atoms with Crippen molar-refractivity contribution in [2.45, 2.75) is 44.0 Å². The first-order chi connectivity index (χ1) is 10.7. The fourth-order valence-corrected chi connectivity index (χ4v) is 3.78. The van der Waals surface area contributed by atoms with Gasteiger partial charge in [0.05, 0.1) is 18.8 Å². The highest BCUT2D eigenvalue weighted by Crippen LogP contribution is 2.23. The number of hydrogen-bond acceptors (Lipinski definition) is 4. The Bertz CT molecular complexity index is 662. The van der Waals surface area contributed by atoms with Gasteiger partial charge in [-0.2, -0.15) is 0 Å². The molecule has 8 heteroatoms. The molecule has 7 nitrogen and oxygen atoms in total. The molecule has 0 aliphatic carbocycles. The fraction of sp³-hybridized carbons (Fsp3) is 0.533. The molecular formula is C15H23N3O4S. The summed E-state index contributed by atoms with van der Waals surface area (Å²) >= 11 is 0. The highest BCUT2D eigenvalue weighted by atomic mass is 32.2. The van der Waals surface area contributed by atoms with E-state index in [1.54, 1.807) is 39.0 Å². The average molecular weight is 341 g/mol. The second-order valence-electron chi connectivity index (χ2n) is 6.42. The smallest absolute Gasteiger partial charge is 0.305 e. The van der Waals surface area contributed by atoms with Gasteiger partial charge >= 0.3 is 6.03 Å². The van der Waals surface area contributed by atoms with Gasteiger partial charge in [0.1, 0.15) is 4.90 Å². The molecule has 0 atom stereocenters. The number of carbonyl (C=O) groups is 1. The van der Waals surface area contributed by atoms with Crippen molar-refractivity contribution >= 4 is 21.7 Å². The van der Waals surface area contributed by atoms with Crippen LogP contribution < -0.4 is 10.0 Å². The van der Waals surface area contributed by atoms with Gasteiger partial charge in [-0.15, -0.1) is 0 Å². The number of amides is 2. The zero-order valence-corrected chi connectivity index (χ0v) is 14.4. The number of nitrogens with zero attached hydrogens (tertiary/aromatic N) is 1. The molecule has 23 heavy (non-hydrogen) atoms. The predicted molar refractivity (Wildman–Crippen MR) is 87.4 cm³/mol. The summed E-state index contributed by atoms with van der Waals surface area (Å²) in [6, 6.07) is 5.83. The van der Waals surface area contributed by atoms with Crippen LogP contribution in [0, 0.1) is 0 Å². The monoisotopic (exact) mass is 341 g/mol. The molecule has 0 aromatic heterocycles. The Morgan fingerprint density at radius 2 is 1.91 bits per heavy atom. The zero-order valence-electron chi connectivity index (χ0n) is 13.6. The molecule has 1 aromatic rings. The number of hydrogen-bond donors (Lipinski definition) is 2. The first-order valence-electron chi connectivity index (χ1n) is 7.53. The maximum atomic E-state index is 12.5. The maximum absolute atomic E-state index is 12.5. The second kappa shape index (κ2) is 6.86. The Morgan fingerprint density at radius 3 is 2.52 bits per heavy atom. The van der Waals surface area contributed by atoms with Crippen LogP contribution in [0.2, 0.25) is 0 Å². The number of carbonyl (C=O) groups excluding carboxylic acids is 1. The van der Waals surface area contributed by atoms with E-state index in [0.29, 0.717) is 13.2 Å². The largest absolute Gasteiger partial charge is 0.345 e. The summed E-state index contributed by atoms with van der Waals surface area (Å²) in [5.74, 6) is 0. The number of hydroxylamine groups is 2. The van der Waals surface area contributed by atoms with Crippen LogP contribution >= 0.6 is 0 Å². The average Bonchev–Trinajstić information content (AvgIpc) is 2.46. The molecule has 1 aliphatic rings. The molecule has 1 saturated heterocycles. The molecule has 0 bridgehead atoms. The minimum atomic E-state index is -3.75. The Hall–Kier alpha value is -1.64. The second-order valence-corrected chi connectivity index (χ2v) is 8.08. The maximum Gasteiger partial charge on any atom is 0.345 e. The molecule has 2 amide bonds. The van der Waals surface area contributed by atoms with Crippen LogP contribution in [-0.2, 0) is 14.9 Å². The lowest BCUT2D eigenvalue weighted by Crippen LogP contribution is -2.41. The Balaban J connectivity index is 2.22. The molecule has 0 saturated carbocycles. The van der Waals surface area contributed by atoms with Crippen LogP contribution in [-0.4, -0.2) is 38.2 Å². The SMILES string of the molecule is CC(C)(C)NS(=O)(=O)c1ccccc1NC(=O)N1CCCCO1. The van der Waals surface area contributed by atoms with E-state index < -0.39 is 21.6 Å². The van der Waals surface area contributed by atoms with Gasteiger partial charge in [0.15, 0.2) is 0 Å². The van der Waals surface area contributed by atoms with E-state index in [4.69, 9.17) is 4.84 Å². The standard InChI is InChI=1S/C15H23N3O4S/c1-15(2,3)17-23(20,21)13-9-5-4-8-12(13)16-14(19)18-10-6-7-11-22-18/h4-5,8-9,17H,6-7,10-11H2,1-3H3,(H,16,19). The fourth-order valence-electron chi connectivity index (χ4n) is 2.20. The topological polar surface area (TPSA) is 87.7 Å². The summed E-state index contributed by atoms with van der Waals surface area (Å²) in [5, 5.41) is 3.84. The van der Waals surface area contributed by atoms with Gasteiger partial charge in [-0.25, -0.2) is 23.0 Å². The Morgan fingerprint density at radius 1 is 1.22 bits per heavy atom. The van der Waals surface area contributed by atoms with E-state index >= 15 is 0 Å².